The van der Waals surface area contributed by atoms with Crippen LogP contribution in [-0.4, -0.2) is 6.71 Å². The van der Waals surface area contributed by atoms with Crippen molar-refractivity contribution < 1.29 is 0 Å². The fraction of sp³-hybridized carbons (Fsp3) is 0.250. The number of rotatable bonds is 17. The number of hydrogen-bond donors (Lipinski definition) is 0. The van der Waals surface area contributed by atoms with Crippen LogP contribution in [-0.2, 0) is 25.7 Å². The van der Waals surface area contributed by atoms with Crippen LogP contribution in [0.2, 0.25) is 0 Å². The Morgan fingerprint density at radius 2 is 0.731 bits per heavy atom. The summed E-state index contributed by atoms with van der Waals surface area (Å²) in [6.45, 7) is 9.25. The van der Waals surface area contributed by atoms with Gasteiger partial charge in [-0.15, -0.1) is 0 Å². The van der Waals surface area contributed by atoms with Crippen molar-refractivity contribution in [2.24, 2.45) is 0 Å². The maximum absolute atomic E-state index is 2.62. The molecule has 0 amide bonds. The normalized spacial score (nSPS) is 12.5. The summed E-state index contributed by atoms with van der Waals surface area (Å²) < 4.78 is 0. The Morgan fingerprint density at radius 3 is 1.13 bits per heavy atom. The van der Waals surface area contributed by atoms with Gasteiger partial charge in [0.2, 0.25) is 0 Å². The van der Waals surface area contributed by atoms with Crippen LogP contribution in [0, 0.1) is 0 Å². The molecular formula is C64H65BN2. The van der Waals surface area contributed by atoms with Gasteiger partial charge in [-0.2, -0.15) is 0 Å². The van der Waals surface area contributed by atoms with E-state index < -0.39 is 0 Å². The molecule has 0 fully saturated rings. The minimum atomic E-state index is 0.0605. The van der Waals surface area contributed by atoms with Gasteiger partial charge in [0.25, 0.3) is 6.71 Å². The number of hydrogen-bond acceptors (Lipinski definition) is 2. The summed E-state index contributed by atoms with van der Waals surface area (Å²) >= 11 is 0. The Balaban J connectivity index is 1.31. The molecule has 0 bridgehead atoms. The van der Waals surface area contributed by atoms with Crippen molar-refractivity contribution in [2.45, 2.75) is 105 Å². The Labute approximate surface area is 401 Å². The first-order valence-corrected chi connectivity index (χ1v) is 25.5. The van der Waals surface area contributed by atoms with Crippen LogP contribution in [0.3, 0.4) is 0 Å². The maximum atomic E-state index is 2.62. The largest absolute Gasteiger partial charge is 0.311 e. The summed E-state index contributed by atoms with van der Waals surface area (Å²) in [7, 11) is 0. The fourth-order valence-corrected chi connectivity index (χ4v) is 10.8. The molecule has 8 aromatic rings. The van der Waals surface area contributed by atoms with E-state index in [0.29, 0.717) is 0 Å². The second kappa shape index (κ2) is 20.1. The Hall–Kier alpha value is -6.58. The molecule has 334 valence electrons. The highest BCUT2D eigenvalue weighted by Crippen LogP contribution is 2.49. The van der Waals surface area contributed by atoms with Gasteiger partial charge < -0.3 is 9.80 Å². The lowest BCUT2D eigenvalue weighted by atomic mass is 9.33. The molecule has 8 aromatic carbocycles. The molecule has 0 N–H and O–H groups in total. The molecule has 0 saturated heterocycles. The third kappa shape index (κ3) is 8.78. The molecule has 0 unspecified atom stereocenters. The van der Waals surface area contributed by atoms with Crippen molar-refractivity contribution in [2.75, 3.05) is 9.80 Å². The highest BCUT2D eigenvalue weighted by Gasteiger charge is 2.44. The average Bonchev–Trinajstić information content (AvgIpc) is 3.39. The van der Waals surface area contributed by atoms with Gasteiger partial charge in [0.05, 0.1) is 0 Å². The van der Waals surface area contributed by atoms with Crippen LogP contribution in [0.4, 0.5) is 34.1 Å². The molecule has 2 aliphatic heterocycles. The molecule has 0 radical (unpaired) electrons. The monoisotopic (exact) mass is 873 g/mol. The fourth-order valence-electron chi connectivity index (χ4n) is 10.8. The molecule has 2 aliphatic rings. The van der Waals surface area contributed by atoms with E-state index in [1.807, 2.05) is 0 Å². The van der Waals surface area contributed by atoms with Gasteiger partial charge in [0.15, 0.2) is 0 Å². The van der Waals surface area contributed by atoms with E-state index in [9.17, 15) is 0 Å². The first-order chi connectivity index (χ1) is 33.1. The Morgan fingerprint density at radius 1 is 0.343 bits per heavy atom. The summed E-state index contributed by atoms with van der Waals surface area (Å²) in [5, 5.41) is 0. The lowest BCUT2D eigenvalue weighted by Gasteiger charge is -2.45. The van der Waals surface area contributed by atoms with E-state index in [4.69, 9.17) is 0 Å². The van der Waals surface area contributed by atoms with Crippen LogP contribution in [0.1, 0.15) is 101 Å². The highest BCUT2D eigenvalue weighted by molar-refractivity contribution is 7.00. The smallest absolute Gasteiger partial charge is 0.252 e. The molecule has 67 heavy (non-hydrogen) atoms. The molecule has 0 aliphatic carbocycles. The third-order valence-electron chi connectivity index (χ3n) is 14.4. The number of aryl methyl sites for hydroxylation is 4. The lowest BCUT2D eigenvalue weighted by Crippen LogP contribution is -2.61. The average molecular weight is 873 g/mol. The van der Waals surface area contributed by atoms with Gasteiger partial charge in [-0.25, -0.2) is 0 Å². The zero-order chi connectivity index (χ0) is 45.7. The van der Waals surface area contributed by atoms with Crippen molar-refractivity contribution in [3.63, 3.8) is 0 Å². The summed E-state index contributed by atoms with van der Waals surface area (Å²) in [5.74, 6) is 0. The van der Waals surface area contributed by atoms with Crippen molar-refractivity contribution in [1.82, 2.24) is 0 Å². The Bertz CT molecular complexity index is 2760. The second-order valence-electron chi connectivity index (χ2n) is 19.0. The quantitative estimate of drug-likeness (QED) is 0.0841. The minimum absolute atomic E-state index is 0.0605. The molecule has 2 heterocycles. The van der Waals surface area contributed by atoms with E-state index in [0.717, 1.165) is 25.7 Å². The van der Waals surface area contributed by atoms with Gasteiger partial charge in [0.1, 0.15) is 0 Å². The first kappa shape index (κ1) is 44.3. The summed E-state index contributed by atoms with van der Waals surface area (Å²) in [4.78, 5) is 5.24. The minimum Gasteiger partial charge on any atom is -0.311 e. The van der Waals surface area contributed by atoms with Crippen LogP contribution in [0.15, 0.2) is 176 Å². The Kier molecular flexibility index (Phi) is 13.3. The maximum Gasteiger partial charge on any atom is 0.252 e. The van der Waals surface area contributed by atoms with Crippen LogP contribution in [0.5, 0.6) is 0 Å². The number of nitrogens with zero attached hydrogens (tertiary/aromatic N) is 2. The summed E-state index contributed by atoms with van der Waals surface area (Å²) in [5.41, 5.74) is 24.7. The molecular weight excluding hydrogens is 808 g/mol. The third-order valence-corrected chi connectivity index (χ3v) is 14.4. The van der Waals surface area contributed by atoms with Gasteiger partial charge in [-0.1, -0.05) is 181 Å². The predicted octanol–water partition coefficient (Wildman–Crippen LogP) is 16.1. The number of benzene rings is 8. The molecule has 0 saturated carbocycles. The number of unbranched alkanes of at least 4 members (excludes halogenated alkanes) is 4. The second-order valence-corrected chi connectivity index (χ2v) is 19.0. The van der Waals surface area contributed by atoms with E-state index in [2.05, 4.69) is 213 Å². The van der Waals surface area contributed by atoms with E-state index in [1.54, 1.807) is 0 Å². The van der Waals surface area contributed by atoms with Crippen LogP contribution >= 0.6 is 0 Å². The summed E-state index contributed by atoms with van der Waals surface area (Å²) in [6.07, 6.45) is 13.9. The molecule has 3 heteroatoms. The van der Waals surface area contributed by atoms with Crippen molar-refractivity contribution >= 4 is 57.2 Å². The van der Waals surface area contributed by atoms with Gasteiger partial charge in [0, 0.05) is 34.1 Å². The van der Waals surface area contributed by atoms with Crippen molar-refractivity contribution in [3.05, 3.63) is 198 Å². The first-order valence-electron chi connectivity index (χ1n) is 25.5. The summed E-state index contributed by atoms with van der Waals surface area (Å²) in [6, 6.07) is 68.0. The SMILES string of the molecule is CCCCc1ccc(N2c3ccc(CCCC)cc3B3c4cc(CCCC)ccc4N(c4ccc(CCCC)cc4)c4cc(-c5c(-c6ccccc6)cccc5-c5ccccc5)cc2c43)cc1. The van der Waals surface area contributed by atoms with Gasteiger partial charge >= 0.3 is 0 Å². The molecule has 0 aromatic heterocycles. The molecule has 0 spiro atoms. The zero-order valence-corrected chi connectivity index (χ0v) is 40.2. The number of fused-ring (bicyclic) bond motifs is 4. The van der Waals surface area contributed by atoms with E-state index in [1.165, 1.54) is 158 Å². The molecule has 2 nitrogen and oxygen atoms in total. The van der Waals surface area contributed by atoms with Crippen molar-refractivity contribution in [3.8, 4) is 33.4 Å². The predicted molar refractivity (Wildman–Crippen MR) is 291 cm³/mol. The van der Waals surface area contributed by atoms with Gasteiger partial charge in [-0.3, -0.25) is 0 Å². The van der Waals surface area contributed by atoms with E-state index in [-0.39, 0.29) is 6.71 Å². The van der Waals surface area contributed by atoms with E-state index >= 15 is 0 Å². The standard InChI is InChI=1S/C64H65BN2/c1-5-9-20-46-30-36-53(37-31-46)66-59-40-34-48(22-11-7-3)42-57(59)65-58-43-49(23-12-8-4)35-41-60(58)67(54-38-32-47(33-39-54)21-10-6-2)62-45-52(44-61(66)64(62)65)63-55(50-24-15-13-16-25-50)28-19-29-56(63)51-26-17-14-18-27-51/h13-19,24-45H,5-12,20-23H2,1-4H3. The van der Waals surface area contributed by atoms with Crippen LogP contribution < -0.4 is 26.2 Å². The van der Waals surface area contributed by atoms with Gasteiger partial charge in [-0.05, 0) is 172 Å². The molecule has 0 atom stereocenters. The van der Waals surface area contributed by atoms with Crippen LogP contribution in [0.25, 0.3) is 33.4 Å². The number of anilines is 6. The lowest BCUT2D eigenvalue weighted by molar-refractivity contribution is 0.795. The topological polar surface area (TPSA) is 6.48 Å². The highest BCUT2D eigenvalue weighted by atomic mass is 15.2. The molecule has 10 rings (SSSR count). The zero-order valence-electron chi connectivity index (χ0n) is 40.2. The van der Waals surface area contributed by atoms with Crippen molar-refractivity contribution in [1.29, 1.82) is 0 Å².